The highest BCUT2D eigenvalue weighted by Gasteiger charge is 2.36. The number of fused-ring (bicyclic) bond motifs is 1. The van der Waals surface area contributed by atoms with Gasteiger partial charge in [0.2, 0.25) is 5.91 Å². The number of nitrogens with one attached hydrogen (secondary N) is 1. The third kappa shape index (κ3) is 2.99. The Labute approximate surface area is 139 Å². The Morgan fingerprint density at radius 3 is 2.33 bits per heavy atom. The van der Waals surface area contributed by atoms with Gasteiger partial charge in [-0.15, -0.1) is 0 Å². The molecule has 0 aliphatic carbocycles. The van der Waals surface area contributed by atoms with Crippen molar-refractivity contribution >= 4 is 23.4 Å². The van der Waals surface area contributed by atoms with Crippen LogP contribution < -0.4 is 10.1 Å². The van der Waals surface area contributed by atoms with Crippen LogP contribution in [-0.2, 0) is 4.79 Å². The topological polar surface area (TPSA) is 75.7 Å². The first-order chi connectivity index (χ1) is 11.6. The molecule has 6 heteroatoms. The lowest BCUT2D eigenvalue weighted by Crippen LogP contribution is -2.37. The van der Waals surface area contributed by atoms with E-state index in [9.17, 15) is 14.4 Å². The molecule has 1 N–H and O–H groups in total. The van der Waals surface area contributed by atoms with E-state index in [0.29, 0.717) is 29.2 Å². The van der Waals surface area contributed by atoms with Crippen molar-refractivity contribution in [1.29, 1.82) is 0 Å². The fraction of sp³-hybridized carbons (Fsp3) is 0.167. The summed E-state index contributed by atoms with van der Waals surface area (Å²) in [5.41, 5.74) is 1.20. The number of benzene rings is 2. The highest BCUT2D eigenvalue weighted by atomic mass is 16.5. The van der Waals surface area contributed by atoms with E-state index >= 15 is 0 Å². The summed E-state index contributed by atoms with van der Waals surface area (Å²) in [5.74, 6) is -0.711. The molecule has 3 amide bonds. The van der Waals surface area contributed by atoms with Crippen molar-refractivity contribution < 1.29 is 19.1 Å². The molecule has 1 aliphatic heterocycles. The number of hydrogen-bond donors (Lipinski definition) is 1. The van der Waals surface area contributed by atoms with Gasteiger partial charge < -0.3 is 10.1 Å². The Bertz CT molecular complexity index is 781. The zero-order valence-electron chi connectivity index (χ0n) is 13.1. The lowest BCUT2D eigenvalue weighted by Gasteiger charge is -2.14. The van der Waals surface area contributed by atoms with Gasteiger partial charge in [0, 0.05) is 11.8 Å². The van der Waals surface area contributed by atoms with Gasteiger partial charge in [-0.3, -0.25) is 19.3 Å². The lowest BCUT2D eigenvalue weighted by molar-refractivity contribution is -0.116. The molecule has 0 bridgehead atoms. The van der Waals surface area contributed by atoms with Crippen LogP contribution in [0.1, 0.15) is 27.6 Å². The summed E-state index contributed by atoms with van der Waals surface area (Å²) in [4.78, 5) is 37.6. The summed E-state index contributed by atoms with van der Waals surface area (Å²) < 4.78 is 5.37. The Hall–Kier alpha value is -3.15. The number of carbonyl (C=O) groups is 3. The standard InChI is InChI=1S/C18H16N2O4/c1-2-24-13-7-5-6-12(10-13)19-16(21)11-20-17(22)14-8-3-4-9-15(14)18(20)23/h3-10H,2,11H2,1H3,(H,19,21). The second-order valence-corrected chi connectivity index (χ2v) is 5.25. The average molecular weight is 324 g/mol. The summed E-state index contributed by atoms with van der Waals surface area (Å²) >= 11 is 0. The maximum absolute atomic E-state index is 12.2. The van der Waals surface area contributed by atoms with Crippen molar-refractivity contribution in [2.45, 2.75) is 6.92 Å². The average Bonchev–Trinajstić information content (AvgIpc) is 2.81. The molecule has 0 radical (unpaired) electrons. The normalized spacial score (nSPS) is 13.0. The number of imide groups is 1. The molecule has 0 saturated heterocycles. The number of ether oxygens (including phenoxy) is 1. The Morgan fingerprint density at radius 2 is 1.71 bits per heavy atom. The van der Waals surface area contributed by atoms with Gasteiger partial charge in [0.15, 0.2) is 0 Å². The van der Waals surface area contributed by atoms with Gasteiger partial charge in [-0.05, 0) is 31.2 Å². The predicted octanol–water partition coefficient (Wildman–Crippen LogP) is 2.32. The first kappa shape index (κ1) is 15.7. The van der Waals surface area contributed by atoms with E-state index in [1.165, 1.54) is 0 Å². The summed E-state index contributed by atoms with van der Waals surface area (Å²) in [6, 6.07) is 13.5. The molecule has 2 aromatic rings. The molecule has 122 valence electrons. The van der Waals surface area contributed by atoms with Crippen LogP contribution in [0.15, 0.2) is 48.5 Å². The molecule has 0 saturated carbocycles. The molecule has 1 heterocycles. The van der Waals surface area contributed by atoms with Crippen molar-refractivity contribution in [3.63, 3.8) is 0 Å². The van der Waals surface area contributed by atoms with Crippen LogP contribution in [0.4, 0.5) is 5.69 Å². The maximum Gasteiger partial charge on any atom is 0.262 e. The van der Waals surface area contributed by atoms with E-state index in [0.717, 1.165) is 4.90 Å². The molecule has 0 fully saturated rings. The maximum atomic E-state index is 12.2. The highest BCUT2D eigenvalue weighted by molar-refractivity contribution is 6.22. The quantitative estimate of drug-likeness (QED) is 0.857. The van der Waals surface area contributed by atoms with Crippen molar-refractivity contribution in [2.75, 3.05) is 18.5 Å². The molecule has 3 rings (SSSR count). The molecule has 0 atom stereocenters. The smallest absolute Gasteiger partial charge is 0.262 e. The minimum Gasteiger partial charge on any atom is -0.494 e. The summed E-state index contributed by atoms with van der Waals surface area (Å²) in [6.07, 6.45) is 0. The van der Waals surface area contributed by atoms with Crippen molar-refractivity contribution in [3.8, 4) is 5.75 Å². The Balaban J connectivity index is 1.69. The second kappa shape index (κ2) is 6.54. The van der Waals surface area contributed by atoms with Crippen LogP contribution in [0.3, 0.4) is 0 Å². The fourth-order valence-electron chi connectivity index (χ4n) is 2.56. The van der Waals surface area contributed by atoms with Gasteiger partial charge in [0.05, 0.1) is 17.7 Å². The molecule has 0 aromatic heterocycles. The second-order valence-electron chi connectivity index (χ2n) is 5.25. The van der Waals surface area contributed by atoms with Crippen LogP contribution in [0.5, 0.6) is 5.75 Å². The molecule has 0 unspecified atom stereocenters. The number of nitrogens with zero attached hydrogens (tertiary/aromatic N) is 1. The number of amides is 3. The van der Waals surface area contributed by atoms with Crippen molar-refractivity contribution in [3.05, 3.63) is 59.7 Å². The monoisotopic (exact) mass is 324 g/mol. The number of rotatable bonds is 5. The predicted molar refractivity (Wildman–Crippen MR) is 88.0 cm³/mol. The zero-order valence-corrected chi connectivity index (χ0v) is 13.1. The largest absolute Gasteiger partial charge is 0.494 e. The highest BCUT2D eigenvalue weighted by Crippen LogP contribution is 2.22. The number of anilines is 1. The zero-order chi connectivity index (χ0) is 17.1. The molecule has 2 aromatic carbocycles. The van der Waals surface area contributed by atoms with Crippen LogP contribution in [0, 0.1) is 0 Å². The van der Waals surface area contributed by atoms with E-state index in [2.05, 4.69) is 5.32 Å². The summed E-state index contributed by atoms with van der Waals surface area (Å²) in [5, 5.41) is 2.67. The van der Waals surface area contributed by atoms with Crippen molar-refractivity contribution in [2.24, 2.45) is 0 Å². The Morgan fingerprint density at radius 1 is 1.04 bits per heavy atom. The molecule has 0 spiro atoms. The molecule has 1 aliphatic rings. The van der Waals surface area contributed by atoms with E-state index in [1.807, 2.05) is 6.92 Å². The third-order valence-corrected chi connectivity index (χ3v) is 3.61. The van der Waals surface area contributed by atoms with Gasteiger partial charge in [0.1, 0.15) is 12.3 Å². The lowest BCUT2D eigenvalue weighted by atomic mass is 10.1. The molecular formula is C18H16N2O4. The van der Waals surface area contributed by atoms with E-state index in [-0.39, 0.29) is 6.54 Å². The minimum absolute atomic E-state index is 0.327. The van der Waals surface area contributed by atoms with Crippen LogP contribution >= 0.6 is 0 Å². The number of carbonyl (C=O) groups excluding carboxylic acids is 3. The molecule has 6 nitrogen and oxygen atoms in total. The van der Waals surface area contributed by atoms with Gasteiger partial charge in [-0.2, -0.15) is 0 Å². The fourth-order valence-corrected chi connectivity index (χ4v) is 2.56. The summed E-state index contributed by atoms with van der Waals surface area (Å²) in [6.45, 7) is 2.06. The Kier molecular flexibility index (Phi) is 4.29. The van der Waals surface area contributed by atoms with E-state index in [4.69, 9.17) is 4.74 Å². The first-order valence-corrected chi connectivity index (χ1v) is 7.58. The molecule has 24 heavy (non-hydrogen) atoms. The SMILES string of the molecule is CCOc1cccc(NC(=O)CN2C(=O)c3ccccc3C2=O)c1. The first-order valence-electron chi connectivity index (χ1n) is 7.58. The van der Waals surface area contributed by atoms with E-state index < -0.39 is 17.7 Å². The number of hydrogen-bond acceptors (Lipinski definition) is 4. The van der Waals surface area contributed by atoms with E-state index in [1.54, 1.807) is 48.5 Å². The van der Waals surface area contributed by atoms with Gasteiger partial charge in [-0.1, -0.05) is 18.2 Å². The van der Waals surface area contributed by atoms with Crippen molar-refractivity contribution in [1.82, 2.24) is 4.90 Å². The molecular weight excluding hydrogens is 308 g/mol. The van der Waals surface area contributed by atoms with Crippen LogP contribution in [0.2, 0.25) is 0 Å². The van der Waals surface area contributed by atoms with Gasteiger partial charge >= 0.3 is 0 Å². The summed E-state index contributed by atoms with van der Waals surface area (Å²) in [7, 11) is 0. The van der Waals surface area contributed by atoms with Gasteiger partial charge in [0.25, 0.3) is 11.8 Å². The third-order valence-electron chi connectivity index (χ3n) is 3.61. The van der Waals surface area contributed by atoms with Crippen LogP contribution in [-0.4, -0.2) is 35.8 Å². The minimum atomic E-state index is -0.450. The van der Waals surface area contributed by atoms with Crippen LogP contribution in [0.25, 0.3) is 0 Å². The van der Waals surface area contributed by atoms with Gasteiger partial charge in [-0.25, -0.2) is 0 Å².